The van der Waals surface area contributed by atoms with Gasteiger partial charge in [0.05, 0.1) is 6.54 Å². The molecule has 0 atom stereocenters. The normalized spacial score (nSPS) is 10.4. The molecule has 0 spiro atoms. The number of aromatic nitrogens is 2. The third-order valence-corrected chi connectivity index (χ3v) is 2.26. The lowest BCUT2D eigenvalue weighted by molar-refractivity contribution is 0.684. The Morgan fingerprint density at radius 3 is 3.00 bits per heavy atom. The van der Waals surface area contributed by atoms with Gasteiger partial charge in [-0.15, -0.1) is 0 Å². The quantitative estimate of drug-likeness (QED) is 0.729. The summed E-state index contributed by atoms with van der Waals surface area (Å²) in [7, 11) is 0. The van der Waals surface area contributed by atoms with Crippen molar-refractivity contribution in [1.29, 1.82) is 0 Å². The largest absolute Gasteiger partial charge is 0.399 e. The van der Waals surface area contributed by atoms with Gasteiger partial charge in [-0.3, -0.25) is 4.68 Å². The number of anilines is 1. The molecule has 3 heteroatoms. The molecule has 1 heterocycles. The predicted molar refractivity (Wildman–Crippen MR) is 56.9 cm³/mol. The van der Waals surface area contributed by atoms with Crippen molar-refractivity contribution < 1.29 is 0 Å². The molecule has 0 aliphatic heterocycles. The first-order valence-electron chi connectivity index (χ1n) is 4.58. The fraction of sp³-hybridized carbons (Fsp3) is 0.182. The van der Waals surface area contributed by atoms with E-state index in [1.807, 2.05) is 35.1 Å². The summed E-state index contributed by atoms with van der Waals surface area (Å²) in [6.45, 7) is 2.86. The molecule has 0 saturated carbocycles. The SMILES string of the molecule is Cc1ccc(N)cc1Cn1cccn1. The van der Waals surface area contributed by atoms with Crippen molar-refractivity contribution in [3.8, 4) is 0 Å². The molecule has 0 bridgehead atoms. The van der Waals surface area contributed by atoms with E-state index in [-0.39, 0.29) is 0 Å². The number of benzene rings is 1. The summed E-state index contributed by atoms with van der Waals surface area (Å²) in [6, 6.07) is 7.87. The van der Waals surface area contributed by atoms with Gasteiger partial charge < -0.3 is 5.73 Å². The van der Waals surface area contributed by atoms with Crippen molar-refractivity contribution in [2.24, 2.45) is 0 Å². The van der Waals surface area contributed by atoms with E-state index in [1.165, 1.54) is 11.1 Å². The Bertz CT molecular complexity index is 418. The lowest BCUT2D eigenvalue weighted by atomic mass is 10.1. The highest BCUT2D eigenvalue weighted by atomic mass is 15.3. The van der Waals surface area contributed by atoms with E-state index >= 15 is 0 Å². The van der Waals surface area contributed by atoms with Crippen LogP contribution in [0, 0.1) is 6.92 Å². The second-order valence-corrected chi connectivity index (χ2v) is 3.39. The highest BCUT2D eigenvalue weighted by Crippen LogP contribution is 2.13. The minimum absolute atomic E-state index is 0.782. The fourth-order valence-corrected chi connectivity index (χ4v) is 1.43. The molecule has 0 fully saturated rings. The van der Waals surface area contributed by atoms with Crippen LogP contribution in [0.15, 0.2) is 36.7 Å². The maximum absolute atomic E-state index is 5.73. The van der Waals surface area contributed by atoms with Gasteiger partial charge in [-0.2, -0.15) is 5.10 Å². The van der Waals surface area contributed by atoms with Crippen LogP contribution in [0.1, 0.15) is 11.1 Å². The lowest BCUT2D eigenvalue weighted by Crippen LogP contribution is -2.02. The van der Waals surface area contributed by atoms with E-state index in [2.05, 4.69) is 12.0 Å². The predicted octanol–water partition coefficient (Wildman–Crippen LogP) is 1.82. The van der Waals surface area contributed by atoms with Crippen LogP contribution in [0.2, 0.25) is 0 Å². The first-order chi connectivity index (χ1) is 6.75. The highest BCUT2D eigenvalue weighted by molar-refractivity contribution is 5.44. The molecule has 2 N–H and O–H groups in total. The third-order valence-electron chi connectivity index (χ3n) is 2.26. The average Bonchev–Trinajstić information content (AvgIpc) is 2.64. The van der Waals surface area contributed by atoms with Crippen molar-refractivity contribution in [2.45, 2.75) is 13.5 Å². The minimum Gasteiger partial charge on any atom is -0.399 e. The second kappa shape index (κ2) is 3.54. The summed E-state index contributed by atoms with van der Waals surface area (Å²) in [5, 5.41) is 4.16. The van der Waals surface area contributed by atoms with Gasteiger partial charge in [-0.25, -0.2) is 0 Å². The van der Waals surface area contributed by atoms with Gasteiger partial charge in [0.15, 0.2) is 0 Å². The summed E-state index contributed by atoms with van der Waals surface area (Å²) >= 11 is 0. The molecule has 14 heavy (non-hydrogen) atoms. The fourth-order valence-electron chi connectivity index (χ4n) is 1.43. The van der Waals surface area contributed by atoms with Crippen LogP contribution >= 0.6 is 0 Å². The number of nitrogens with two attached hydrogens (primary N) is 1. The first-order valence-corrected chi connectivity index (χ1v) is 4.58. The molecule has 1 aromatic heterocycles. The van der Waals surface area contributed by atoms with Crippen molar-refractivity contribution in [1.82, 2.24) is 9.78 Å². The first kappa shape index (κ1) is 8.81. The van der Waals surface area contributed by atoms with Gasteiger partial charge in [-0.05, 0) is 36.2 Å². The Balaban J connectivity index is 2.28. The van der Waals surface area contributed by atoms with Gasteiger partial charge in [0, 0.05) is 18.1 Å². The molecule has 0 aliphatic carbocycles. The average molecular weight is 187 g/mol. The number of nitrogen functional groups attached to an aromatic ring is 1. The summed E-state index contributed by atoms with van der Waals surface area (Å²) in [5.74, 6) is 0. The maximum Gasteiger partial charge on any atom is 0.0662 e. The minimum atomic E-state index is 0.782. The van der Waals surface area contributed by atoms with E-state index in [0.29, 0.717) is 0 Å². The maximum atomic E-state index is 5.73. The van der Waals surface area contributed by atoms with Crippen LogP contribution in [0.3, 0.4) is 0 Å². The van der Waals surface area contributed by atoms with Crippen LogP contribution in [0.25, 0.3) is 0 Å². The van der Waals surface area contributed by atoms with Crippen LogP contribution in [0.4, 0.5) is 5.69 Å². The van der Waals surface area contributed by atoms with E-state index in [4.69, 9.17) is 5.73 Å². The van der Waals surface area contributed by atoms with Gasteiger partial charge in [0.1, 0.15) is 0 Å². The molecule has 72 valence electrons. The number of hydrogen-bond donors (Lipinski definition) is 1. The van der Waals surface area contributed by atoms with Crippen molar-refractivity contribution in [3.05, 3.63) is 47.8 Å². The molecule has 1 aromatic carbocycles. The van der Waals surface area contributed by atoms with Crippen molar-refractivity contribution in [2.75, 3.05) is 5.73 Å². The summed E-state index contributed by atoms with van der Waals surface area (Å²) in [4.78, 5) is 0. The van der Waals surface area contributed by atoms with Crippen LogP contribution in [0.5, 0.6) is 0 Å². The Morgan fingerprint density at radius 1 is 1.43 bits per heavy atom. The molecule has 0 aliphatic rings. The van der Waals surface area contributed by atoms with Crippen LogP contribution < -0.4 is 5.73 Å². The molecule has 2 aromatic rings. The van der Waals surface area contributed by atoms with E-state index < -0.39 is 0 Å². The molecule has 0 radical (unpaired) electrons. The van der Waals surface area contributed by atoms with Crippen molar-refractivity contribution in [3.63, 3.8) is 0 Å². The number of hydrogen-bond acceptors (Lipinski definition) is 2. The standard InChI is InChI=1S/C11H13N3/c1-9-3-4-11(12)7-10(9)8-14-6-2-5-13-14/h2-7H,8,12H2,1H3. The molecular weight excluding hydrogens is 174 g/mol. The van der Waals surface area contributed by atoms with E-state index in [1.54, 1.807) is 6.20 Å². The van der Waals surface area contributed by atoms with Gasteiger partial charge in [0.2, 0.25) is 0 Å². The summed E-state index contributed by atoms with van der Waals surface area (Å²) in [6.07, 6.45) is 3.73. The van der Waals surface area contributed by atoms with E-state index in [9.17, 15) is 0 Å². The summed E-state index contributed by atoms with van der Waals surface area (Å²) < 4.78 is 1.89. The van der Waals surface area contributed by atoms with Gasteiger partial charge in [0.25, 0.3) is 0 Å². The van der Waals surface area contributed by atoms with E-state index in [0.717, 1.165) is 12.2 Å². The Morgan fingerprint density at radius 2 is 2.29 bits per heavy atom. The number of nitrogens with zero attached hydrogens (tertiary/aromatic N) is 2. The molecule has 3 nitrogen and oxygen atoms in total. The third kappa shape index (κ3) is 1.76. The van der Waals surface area contributed by atoms with Gasteiger partial charge in [-0.1, -0.05) is 6.07 Å². The molecule has 0 unspecified atom stereocenters. The molecule has 2 rings (SSSR count). The highest BCUT2D eigenvalue weighted by Gasteiger charge is 1.99. The zero-order valence-electron chi connectivity index (χ0n) is 8.14. The van der Waals surface area contributed by atoms with Crippen molar-refractivity contribution >= 4 is 5.69 Å². The Labute approximate surface area is 83.2 Å². The summed E-state index contributed by atoms with van der Waals surface area (Å²) in [5.41, 5.74) is 8.99. The molecular formula is C11H13N3. The topological polar surface area (TPSA) is 43.8 Å². The molecule has 0 saturated heterocycles. The zero-order valence-corrected chi connectivity index (χ0v) is 8.14. The smallest absolute Gasteiger partial charge is 0.0662 e. The van der Waals surface area contributed by atoms with Gasteiger partial charge >= 0.3 is 0 Å². The number of aryl methyl sites for hydroxylation is 1. The van der Waals surface area contributed by atoms with Crippen LogP contribution in [-0.4, -0.2) is 9.78 Å². The number of rotatable bonds is 2. The monoisotopic (exact) mass is 187 g/mol. The molecule has 0 amide bonds. The zero-order chi connectivity index (χ0) is 9.97. The second-order valence-electron chi connectivity index (χ2n) is 3.39. The Kier molecular flexibility index (Phi) is 2.23. The lowest BCUT2D eigenvalue weighted by Gasteiger charge is -2.06. The van der Waals surface area contributed by atoms with Crippen LogP contribution in [-0.2, 0) is 6.54 Å². The Hall–Kier alpha value is -1.77.